The van der Waals surface area contributed by atoms with Crippen LogP contribution in [0.15, 0.2) is 0 Å². The molecule has 74 valence electrons. The molecule has 1 aliphatic rings. The molecular weight excluding hydrogens is 170 g/mol. The normalized spacial score (nSPS) is 20.4. The molecule has 1 aliphatic heterocycles. The molecule has 2 nitrogen and oxygen atoms in total. The summed E-state index contributed by atoms with van der Waals surface area (Å²) in [6.07, 6.45) is 0. The maximum atomic E-state index is 10.9. The molecule has 0 aromatic rings. The first-order valence-corrected chi connectivity index (χ1v) is 6.28. The van der Waals surface area contributed by atoms with Crippen molar-refractivity contribution in [2.24, 2.45) is 0 Å². The zero-order valence-electron chi connectivity index (χ0n) is 8.67. The number of nitrogens with zero attached hydrogens (tertiary/aromatic N) is 1. The predicted octanol–water partition coefficient (Wildman–Crippen LogP) is 1.49. The van der Waals surface area contributed by atoms with Gasteiger partial charge in [-0.15, -0.1) is 0 Å². The fourth-order valence-electron chi connectivity index (χ4n) is 1.17. The molecule has 3 heteroatoms. The van der Waals surface area contributed by atoms with Gasteiger partial charge in [-0.05, 0) is 13.8 Å². The maximum Gasteiger partial charge on any atom is 0.0363 e. The summed E-state index contributed by atoms with van der Waals surface area (Å²) in [4.78, 5) is 2.38. The van der Waals surface area contributed by atoms with Gasteiger partial charge in [-0.3, -0.25) is 9.11 Å². The van der Waals surface area contributed by atoms with Crippen LogP contribution in [-0.4, -0.2) is 39.7 Å². The first kappa shape index (κ1) is 12.1. The average Bonchev–Trinajstić information content (AvgIpc) is 2.09. The summed E-state index contributed by atoms with van der Waals surface area (Å²) < 4.78 is 10.9. The largest absolute Gasteiger partial charge is 0.299 e. The van der Waals surface area contributed by atoms with Crippen LogP contribution in [-0.2, 0) is 10.8 Å². The Morgan fingerprint density at radius 3 is 1.92 bits per heavy atom. The Hall–Kier alpha value is 0.110. The third kappa shape index (κ3) is 4.21. The standard InChI is InChI=1S/C7H15NOS.C2H6/c1-7(2)8-3-5-10(9)6-4-8;1-2/h7H,3-6H2,1-2H3;1-2H3. The molecule has 0 radical (unpaired) electrons. The van der Waals surface area contributed by atoms with E-state index in [-0.39, 0.29) is 0 Å². The van der Waals surface area contributed by atoms with E-state index in [1.54, 1.807) is 0 Å². The van der Waals surface area contributed by atoms with Gasteiger partial charge in [0.15, 0.2) is 0 Å². The summed E-state index contributed by atoms with van der Waals surface area (Å²) in [5.41, 5.74) is 0. The second kappa shape index (κ2) is 6.61. The minimum absolute atomic E-state index is 0.519. The summed E-state index contributed by atoms with van der Waals surface area (Å²) in [5, 5.41) is 0. The Morgan fingerprint density at radius 1 is 1.17 bits per heavy atom. The van der Waals surface area contributed by atoms with Crippen LogP contribution in [0.25, 0.3) is 0 Å². The SMILES string of the molecule is CC.CC(C)N1CCS(=O)CC1. The molecule has 0 amide bonds. The second-order valence-corrected chi connectivity index (χ2v) is 4.67. The highest BCUT2D eigenvalue weighted by atomic mass is 32.2. The minimum atomic E-state index is -0.519. The van der Waals surface area contributed by atoms with Crippen molar-refractivity contribution in [1.29, 1.82) is 0 Å². The van der Waals surface area contributed by atoms with Gasteiger partial charge in [0.1, 0.15) is 0 Å². The quantitative estimate of drug-likeness (QED) is 0.626. The zero-order chi connectivity index (χ0) is 9.56. The fourth-order valence-corrected chi connectivity index (χ4v) is 2.25. The molecule has 0 spiro atoms. The predicted molar refractivity (Wildman–Crippen MR) is 55.9 cm³/mol. The highest BCUT2D eigenvalue weighted by Crippen LogP contribution is 2.03. The molecule has 1 heterocycles. The van der Waals surface area contributed by atoms with Crippen molar-refractivity contribution in [3.05, 3.63) is 0 Å². The van der Waals surface area contributed by atoms with Crippen molar-refractivity contribution in [1.82, 2.24) is 4.90 Å². The third-order valence-electron chi connectivity index (χ3n) is 1.94. The van der Waals surface area contributed by atoms with Gasteiger partial charge in [0.25, 0.3) is 0 Å². The van der Waals surface area contributed by atoms with Gasteiger partial charge in [-0.25, -0.2) is 0 Å². The van der Waals surface area contributed by atoms with E-state index in [2.05, 4.69) is 18.7 Å². The average molecular weight is 191 g/mol. The Kier molecular flexibility index (Phi) is 6.67. The van der Waals surface area contributed by atoms with Crippen LogP contribution in [0, 0.1) is 0 Å². The molecule has 1 fully saturated rings. The number of hydrogen-bond donors (Lipinski definition) is 0. The first-order chi connectivity index (χ1) is 5.70. The summed E-state index contributed by atoms with van der Waals surface area (Å²) >= 11 is 0. The van der Waals surface area contributed by atoms with Gasteiger partial charge in [-0.2, -0.15) is 0 Å². The van der Waals surface area contributed by atoms with E-state index in [0.29, 0.717) is 6.04 Å². The summed E-state index contributed by atoms with van der Waals surface area (Å²) in [6.45, 7) is 10.4. The topological polar surface area (TPSA) is 20.3 Å². The Labute approximate surface area is 78.8 Å². The van der Waals surface area contributed by atoms with Crippen molar-refractivity contribution in [3.63, 3.8) is 0 Å². The molecule has 0 atom stereocenters. The molecular formula is C9H21NOS. The van der Waals surface area contributed by atoms with E-state index in [9.17, 15) is 4.21 Å². The summed E-state index contributed by atoms with van der Waals surface area (Å²) in [5.74, 6) is 1.75. The lowest BCUT2D eigenvalue weighted by Crippen LogP contribution is -2.41. The molecule has 0 N–H and O–H groups in total. The lowest BCUT2D eigenvalue weighted by molar-refractivity contribution is 0.243. The number of hydrogen-bond acceptors (Lipinski definition) is 2. The van der Waals surface area contributed by atoms with E-state index in [1.807, 2.05) is 13.8 Å². The van der Waals surface area contributed by atoms with Crippen LogP contribution < -0.4 is 0 Å². The van der Waals surface area contributed by atoms with Crippen LogP contribution in [0.1, 0.15) is 27.7 Å². The van der Waals surface area contributed by atoms with Gasteiger partial charge in [0.05, 0.1) is 0 Å². The zero-order valence-corrected chi connectivity index (χ0v) is 9.49. The lowest BCUT2D eigenvalue weighted by atomic mass is 10.3. The van der Waals surface area contributed by atoms with Crippen molar-refractivity contribution in [3.8, 4) is 0 Å². The Balaban J connectivity index is 0.000000561. The smallest absolute Gasteiger partial charge is 0.0363 e. The Bertz CT molecular complexity index is 126. The van der Waals surface area contributed by atoms with Gasteiger partial charge in [0.2, 0.25) is 0 Å². The minimum Gasteiger partial charge on any atom is -0.299 e. The molecule has 1 rings (SSSR count). The molecule has 0 saturated carbocycles. The van der Waals surface area contributed by atoms with Crippen LogP contribution in [0.4, 0.5) is 0 Å². The van der Waals surface area contributed by atoms with Gasteiger partial charge < -0.3 is 0 Å². The van der Waals surface area contributed by atoms with E-state index >= 15 is 0 Å². The van der Waals surface area contributed by atoms with Crippen LogP contribution in [0.5, 0.6) is 0 Å². The third-order valence-corrected chi connectivity index (χ3v) is 3.22. The van der Waals surface area contributed by atoms with Crippen LogP contribution in [0.3, 0.4) is 0 Å². The molecule has 0 aromatic heterocycles. The van der Waals surface area contributed by atoms with Crippen LogP contribution >= 0.6 is 0 Å². The van der Waals surface area contributed by atoms with Gasteiger partial charge in [-0.1, -0.05) is 13.8 Å². The second-order valence-electron chi connectivity index (χ2n) is 2.98. The van der Waals surface area contributed by atoms with E-state index < -0.39 is 10.8 Å². The highest BCUT2D eigenvalue weighted by molar-refractivity contribution is 7.85. The van der Waals surface area contributed by atoms with Crippen molar-refractivity contribution in [2.75, 3.05) is 24.6 Å². The van der Waals surface area contributed by atoms with E-state index in [1.165, 1.54) is 0 Å². The summed E-state index contributed by atoms with van der Waals surface area (Å²) in [6, 6.07) is 0.622. The number of rotatable bonds is 1. The Morgan fingerprint density at radius 2 is 1.58 bits per heavy atom. The van der Waals surface area contributed by atoms with Crippen molar-refractivity contribution < 1.29 is 4.21 Å². The lowest BCUT2D eigenvalue weighted by Gasteiger charge is -2.29. The molecule has 0 aliphatic carbocycles. The molecule has 12 heavy (non-hydrogen) atoms. The highest BCUT2D eigenvalue weighted by Gasteiger charge is 2.16. The summed E-state index contributed by atoms with van der Waals surface area (Å²) in [7, 11) is -0.519. The monoisotopic (exact) mass is 191 g/mol. The molecule has 0 bridgehead atoms. The van der Waals surface area contributed by atoms with Crippen LogP contribution in [0.2, 0.25) is 0 Å². The van der Waals surface area contributed by atoms with Gasteiger partial charge >= 0.3 is 0 Å². The maximum absolute atomic E-state index is 10.9. The van der Waals surface area contributed by atoms with Crippen molar-refractivity contribution in [2.45, 2.75) is 33.7 Å². The first-order valence-electron chi connectivity index (χ1n) is 4.79. The van der Waals surface area contributed by atoms with E-state index in [4.69, 9.17) is 0 Å². The molecule has 1 saturated heterocycles. The molecule has 0 aromatic carbocycles. The fraction of sp³-hybridized carbons (Fsp3) is 1.00. The van der Waals surface area contributed by atoms with Gasteiger partial charge in [0, 0.05) is 41.4 Å². The van der Waals surface area contributed by atoms with E-state index in [0.717, 1.165) is 24.6 Å². The molecule has 0 unspecified atom stereocenters. The van der Waals surface area contributed by atoms with Crippen molar-refractivity contribution >= 4 is 10.8 Å².